The molecule has 17 heavy (non-hydrogen) atoms. The van der Waals surface area contributed by atoms with E-state index in [1.165, 1.54) is 16.3 Å². The molecule has 0 aromatic heterocycles. The van der Waals surface area contributed by atoms with Crippen molar-refractivity contribution in [1.29, 1.82) is 0 Å². The van der Waals surface area contributed by atoms with E-state index in [1.54, 1.807) is 0 Å². The summed E-state index contributed by atoms with van der Waals surface area (Å²) in [6.45, 7) is 2.17. The van der Waals surface area contributed by atoms with Gasteiger partial charge >= 0.3 is 0 Å². The van der Waals surface area contributed by atoms with Crippen molar-refractivity contribution in [2.75, 3.05) is 19.7 Å². The zero-order valence-corrected chi connectivity index (χ0v) is 9.76. The first-order chi connectivity index (χ1) is 8.38. The molecule has 0 aliphatic carbocycles. The first-order valence-electron chi connectivity index (χ1n) is 6.19. The van der Waals surface area contributed by atoms with E-state index in [0.717, 1.165) is 13.1 Å². The summed E-state index contributed by atoms with van der Waals surface area (Å²) < 4.78 is 0. The lowest BCUT2D eigenvalue weighted by atomic mass is 9.88. The van der Waals surface area contributed by atoms with E-state index in [4.69, 9.17) is 0 Å². The van der Waals surface area contributed by atoms with Gasteiger partial charge in [0.2, 0.25) is 0 Å². The molecule has 1 aliphatic heterocycles. The van der Waals surface area contributed by atoms with Crippen molar-refractivity contribution in [3.05, 3.63) is 48.0 Å². The molecule has 88 valence electrons. The summed E-state index contributed by atoms with van der Waals surface area (Å²) in [6, 6.07) is 15.1. The normalized spacial score (nSPS) is 24.3. The van der Waals surface area contributed by atoms with Crippen LogP contribution in [0.25, 0.3) is 10.8 Å². The van der Waals surface area contributed by atoms with E-state index in [0.29, 0.717) is 11.8 Å². The van der Waals surface area contributed by atoms with Crippen molar-refractivity contribution in [2.24, 2.45) is 5.92 Å². The van der Waals surface area contributed by atoms with Gasteiger partial charge in [0.15, 0.2) is 0 Å². The molecular formula is C15H17NO. The van der Waals surface area contributed by atoms with Gasteiger partial charge in [0, 0.05) is 31.5 Å². The molecule has 2 aromatic carbocycles. The Hall–Kier alpha value is -1.38. The van der Waals surface area contributed by atoms with Crippen LogP contribution in [-0.4, -0.2) is 24.8 Å². The lowest BCUT2D eigenvalue weighted by Gasteiger charge is -2.17. The molecule has 0 bridgehead atoms. The van der Waals surface area contributed by atoms with Gasteiger partial charge in [-0.05, 0) is 16.3 Å². The largest absolute Gasteiger partial charge is 0.396 e. The Labute approximate surface area is 101 Å². The maximum Gasteiger partial charge on any atom is 0.0477 e. The van der Waals surface area contributed by atoms with Crippen molar-refractivity contribution >= 4 is 10.8 Å². The lowest BCUT2D eigenvalue weighted by molar-refractivity contribution is 0.226. The summed E-state index contributed by atoms with van der Waals surface area (Å²) in [5.41, 5.74) is 1.34. The highest BCUT2D eigenvalue weighted by atomic mass is 16.3. The molecule has 2 heteroatoms. The van der Waals surface area contributed by atoms with Gasteiger partial charge in [-0.2, -0.15) is 0 Å². The Morgan fingerprint density at radius 1 is 1.06 bits per heavy atom. The van der Waals surface area contributed by atoms with E-state index in [-0.39, 0.29) is 6.61 Å². The van der Waals surface area contributed by atoms with E-state index in [1.807, 2.05) is 0 Å². The predicted octanol–water partition coefficient (Wildman–Crippen LogP) is 2.14. The number of benzene rings is 2. The number of aliphatic hydroxyl groups is 1. The summed E-state index contributed by atoms with van der Waals surface area (Å²) in [6.07, 6.45) is 0. The van der Waals surface area contributed by atoms with E-state index < -0.39 is 0 Å². The standard InChI is InChI=1S/C15H17NO/c17-10-14-8-16-9-15(14)13-6-5-11-3-1-2-4-12(11)7-13/h1-7,14-17H,8-10H2/t14-,15-/m1/s1. The van der Waals surface area contributed by atoms with Crippen LogP contribution in [-0.2, 0) is 0 Å². The lowest BCUT2D eigenvalue weighted by Crippen LogP contribution is -2.14. The van der Waals surface area contributed by atoms with Crippen molar-refractivity contribution in [2.45, 2.75) is 5.92 Å². The molecule has 1 saturated heterocycles. The average Bonchev–Trinajstić information content (AvgIpc) is 2.86. The smallest absolute Gasteiger partial charge is 0.0477 e. The third-order valence-electron chi connectivity index (χ3n) is 3.78. The van der Waals surface area contributed by atoms with Gasteiger partial charge in [0.25, 0.3) is 0 Å². The SMILES string of the molecule is OC[C@H]1CNC[C@@H]1c1ccc2ccccc2c1. The van der Waals surface area contributed by atoms with Crippen molar-refractivity contribution < 1.29 is 5.11 Å². The zero-order chi connectivity index (χ0) is 11.7. The average molecular weight is 227 g/mol. The van der Waals surface area contributed by atoms with Crippen molar-refractivity contribution in [1.82, 2.24) is 5.32 Å². The zero-order valence-electron chi connectivity index (χ0n) is 9.76. The maximum absolute atomic E-state index is 9.37. The molecule has 2 aromatic rings. The van der Waals surface area contributed by atoms with Gasteiger partial charge in [0.05, 0.1) is 0 Å². The summed E-state index contributed by atoms with van der Waals surface area (Å²) in [4.78, 5) is 0. The second kappa shape index (κ2) is 4.47. The van der Waals surface area contributed by atoms with Crippen LogP contribution in [0.3, 0.4) is 0 Å². The van der Waals surface area contributed by atoms with E-state index in [9.17, 15) is 5.11 Å². The molecule has 0 amide bonds. The number of fused-ring (bicyclic) bond motifs is 1. The summed E-state index contributed by atoms with van der Waals surface area (Å²) in [5.74, 6) is 0.806. The van der Waals surface area contributed by atoms with Gasteiger partial charge in [-0.15, -0.1) is 0 Å². The molecule has 0 radical (unpaired) electrons. The van der Waals surface area contributed by atoms with Gasteiger partial charge in [-0.3, -0.25) is 0 Å². The minimum Gasteiger partial charge on any atom is -0.396 e. The molecule has 2 N–H and O–H groups in total. The van der Waals surface area contributed by atoms with Crippen LogP contribution in [0.2, 0.25) is 0 Å². The number of hydrogen-bond acceptors (Lipinski definition) is 2. The monoisotopic (exact) mass is 227 g/mol. The first-order valence-corrected chi connectivity index (χ1v) is 6.19. The quantitative estimate of drug-likeness (QED) is 0.823. The second-order valence-corrected chi connectivity index (χ2v) is 4.81. The van der Waals surface area contributed by atoms with E-state index >= 15 is 0 Å². The fourth-order valence-corrected chi connectivity index (χ4v) is 2.75. The molecule has 3 rings (SSSR count). The van der Waals surface area contributed by atoms with Crippen LogP contribution in [0.5, 0.6) is 0 Å². The highest BCUT2D eigenvalue weighted by Crippen LogP contribution is 2.29. The summed E-state index contributed by atoms with van der Waals surface area (Å²) >= 11 is 0. The number of aliphatic hydroxyl groups excluding tert-OH is 1. The molecule has 2 atom stereocenters. The fraction of sp³-hybridized carbons (Fsp3) is 0.333. The Morgan fingerprint density at radius 3 is 2.71 bits per heavy atom. The third-order valence-corrected chi connectivity index (χ3v) is 3.78. The van der Waals surface area contributed by atoms with Crippen molar-refractivity contribution in [3.63, 3.8) is 0 Å². The summed E-state index contributed by atoms with van der Waals surface area (Å²) in [7, 11) is 0. The minimum absolute atomic E-state index is 0.268. The molecule has 2 nitrogen and oxygen atoms in total. The summed E-state index contributed by atoms with van der Waals surface area (Å²) in [5, 5.41) is 15.3. The van der Waals surface area contributed by atoms with Gasteiger partial charge in [0.1, 0.15) is 0 Å². The molecule has 1 heterocycles. The molecular weight excluding hydrogens is 210 g/mol. The van der Waals surface area contributed by atoms with Crippen LogP contribution < -0.4 is 5.32 Å². The highest BCUT2D eigenvalue weighted by molar-refractivity contribution is 5.83. The second-order valence-electron chi connectivity index (χ2n) is 4.81. The van der Waals surface area contributed by atoms with Gasteiger partial charge < -0.3 is 10.4 Å². The Bertz CT molecular complexity index is 523. The first kappa shape index (κ1) is 10.8. The Morgan fingerprint density at radius 2 is 1.88 bits per heavy atom. The highest BCUT2D eigenvalue weighted by Gasteiger charge is 2.27. The Balaban J connectivity index is 2.00. The number of rotatable bonds is 2. The maximum atomic E-state index is 9.37. The number of hydrogen-bond donors (Lipinski definition) is 2. The van der Waals surface area contributed by atoms with Crippen LogP contribution in [0.15, 0.2) is 42.5 Å². The number of nitrogens with one attached hydrogen (secondary N) is 1. The molecule has 0 saturated carbocycles. The predicted molar refractivity (Wildman–Crippen MR) is 70.1 cm³/mol. The van der Waals surface area contributed by atoms with Crippen LogP contribution in [0.1, 0.15) is 11.5 Å². The van der Waals surface area contributed by atoms with Crippen LogP contribution in [0, 0.1) is 5.92 Å². The minimum atomic E-state index is 0.268. The third kappa shape index (κ3) is 1.94. The molecule has 0 spiro atoms. The van der Waals surface area contributed by atoms with Crippen LogP contribution in [0.4, 0.5) is 0 Å². The molecule has 0 unspecified atom stereocenters. The van der Waals surface area contributed by atoms with Crippen molar-refractivity contribution in [3.8, 4) is 0 Å². The molecule has 1 aliphatic rings. The van der Waals surface area contributed by atoms with E-state index in [2.05, 4.69) is 47.8 Å². The topological polar surface area (TPSA) is 32.3 Å². The fourth-order valence-electron chi connectivity index (χ4n) is 2.75. The Kier molecular flexibility index (Phi) is 2.83. The molecule has 1 fully saturated rings. The van der Waals surface area contributed by atoms with Crippen LogP contribution >= 0.6 is 0 Å². The van der Waals surface area contributed by atoms with Gasteiger partial charge in [-0.25, -0.2) is 0 Å². The van der Waals surface area contributed by atoms with Gasteiger partial charge in [-0.1, -0.05) is 42.5 Å².